The van der Waals surface area contributed by atoms with Gasteiger partial charge in [-0.15, -0.1) is 8.39 Å². The van der Waals surface area contributed by atoms with Crippen LogP contribution in [0.5, 0.6) is 11.5 Å². The largest absolute Gasteiger partial charge is 0.567 e. The molecule has 0 spiro atoms. The number of rotatable bonds is 8. The van der Waals surface area contributed by atoms with Crippen molar-refractivity contribution in [3.8, 4) is 11.5 Å². The molecule has 0 heterocycles. The van der Waals surface area contributed by atoms with E-state index in [1.165, 1.54) is 56.0 Å². The molecule has 0 aliphatic rings. The Hall–Kier alpha value is -3.14. The molecule has 332 valence electrons. The minimum absolute atomic E-state index is 0.0424. The van der Waals surface area contributed by atoms with Crippen molar-refractivity contribution in [2.75, 3.05) is 6.66 Å². The van der Waals surface area contributed by atoms with Crippen molar-refractivity contribution in [3.05, 3.63) is 132 Å². The van der Waals surface area contributed by atoms with Gasteiger partial charge in [0, 0.05) is 5.56 Å². The molecule has 9 nitrogen and oxygen atoms in total. The average molecular weight is 911 g/mol. The predicted molar refractivity (Wildman–Crippen MR) is 226 cm³/mol. The van der Waals surface area contributed by atoms with E-state index < -0.39 is 48.3 Å². The Labute approximate surface area is 341 Å². The van der Waals surface area contributed by atoms with Gasteiger partial charge in [-0.3, -0.25) is 9.46 Å². The van der Waals surface area contributed by atoms with Crippen molar-refractivity contribution in [2.45, 2.75) is 92.9 Å². The molecule has 4 unspecified atom stereocenters. The van der Waals surface area contributed by atoms with E-state index in [-0.39, 0.29) is 5.75 Å². The van der Waals surface area contributed by atoms with Crippen LogP contribution in [-0.2, 0) is 30.1 Å². The molecule has 0 aliphatic heterocycles. The average Bonchev–Trinajstić information content (AvgIpc) is 3.10. The van der Waals surface area contributed by atoms with Gasteiger partial charge in [0.15, 0.2) is 0 Å². The molecule has 0 saturated carbocycles. The van der Waals surface area contributed by atoms with Gasteiger partial charge in [0.25, 0.3) is 0 Å². The van der Waals surface area contributed by atoms with Crippen LogP contribution in [0.1, 0.15) is 92.2 Å². The second-order valence-electron chi connectivity index (χ2n) is 11.5. The molecule has 0 bridgehead atoms. The van der Waals surface area contributed by atoms with Gasteiger partial charge in [0.1, 0.15) is 11.5 Å². The first-order valence-corrected chi connectivity index (χ1v) is 24.8. The van der Waals surface area contributed by atoms with E-state index in [0.29, 0.717) is 11.3 Å². The van der Waals surface area contributed by atoms with E-state index in [9.17, 15) is 43.8 Å². The molecule has 4 aromatic carbocycles. The Morgan fingerprint density at radius 3 is 1.03 bits per heavy atom. The Bertz CT molecular complexity index is 1560. The Morgan fingerprint density at radius 1 is 0.500 bits per heavy atom. The summed E-state index contributed by atoms with van der Waals surface area (Å²) in [7, 11) is -19.1. The third-order valence-corrected chi connectivity index (χ3v) is 7.34. The van der Waals surface area contributed by atoms with Crippen LogP contribution in [-0.4, -0.2) is 21.3 Å². The fourth-order valence-electron chi connectivity index (χ4n) is 2.89. The molecule has 58 heavy (non-hydrogen) atoms. The normalized spacial score (nSPS) is 13.8. The highest BCUT2D eigenvalue weighted by Gasteiger charge is 2.51. The Morgan fingerprint density at radius 2 is 0.776 bits per heavy atom. The molecule has 0 amide bonds. The van der Waals surface area contributed by atoms with Crippen LogP contribution in [0.4, 0.5) is 25.6 Å². The summed E-state index contributed by atoms with van der Waals surface area (Å²) in [5, 5.41) is 0. The van der Waals surface area contributed by atoms with Crippen molar-refractivity contribution in [1.82, 2.24) is 0 Å². The van der Waals surface area contributed by atoms with E-state index >= 15 is 0 Å². The molecule has 3 N–H and O–H groups in total. The van der Waals surface area contributed by atoms with Crippen LogP contribution in [0.3, 0.4) is 0 Å². The summed E-state index contributed by atoms with van der Waals surface area (Å²) in [6.45, 7) is 17.9. The second kappa shape index (κ2) is 34.7. The van der Waals surface area contributed by atoms with Crippen molar-refractivity contribution in [3.63, 3.8) is 0 Å². The highest BCUT2D eigenvalue weighted by Crippen LogP contribution is 2.63. The number of hydrogen-bond acceptors (Lipinski definition) is 6. The van der Waals surface area contributed by atoms with Gasteiger partial charge >= 0.3 is 36.6 Å². The second-order valence-corrected chi connectivity index (χ2v) is 17.4. The lowest BCUT2D eigenvalue weighted by Gasteiger charge is -2.15. The molecule has 0 aliphatic carbocycles. The minimum Gasteiger partial charge on any atom is -0.422 e. The van der Waals surface area contributed by atoms with Crippen LogP contribution in [0.2, 0.25) is 0 Å². The predicted octanol–water partition coefficient (Wildman–Crippen LogP) is 15.9. The molecule has 0 aromatic heterocycles. The molecule has 4 rings (SSSR count). The maximum atomic E-state index is 12.8. The van der Waals surface area contributed by atoms with E-state index in [0.717, 1.165) is 18.8 Å². The Kier molecular flexibility index (Phi) is 36.8. The van der Waals surface area contributed by atoms with Gasteiger partial charge in [0.2, 0.25) is 0 Å². The lowest BCUT2D eigenvalue weighted by atomic mass is 10.2. The standard InChI is InChI=1S/C7H6F3O2P.2C7H8FO2P.C6H6FO3P.4C3H8/c8-7(9,13(10,11)12)6-4-2-1-3-5-6;1-11(8,9)10-7-5-3-2-4-6-7;8-11(9,10)6-7-4-2-1-3-5-7;7-11(8,9)10-6-4-2-1-3-5-6;4*1-3-2/h1-5H,(H,11,12);2-6H,1H3;1-5H,6H2,(H,9,10);1-5H,(H,8,9);4*3H2,1-2H3. The maximum absolute atomic E-state index is 12.8. The van der Waals surface area contributed by atoms with Crippen molar-refractivity contribution in [2.24, 2.45) is 0 Å². The summed E-state index contributed by atoms with van der Waals surface area (Å²) in [6.07, 6.45) is 4.60. The van der Waals surface area contributed by atoms with Gasteiger partial charge in [-0.05, 0) is 29.8 Å². The fourth-order valence-corrected chi connectivity index (χ4v) is 4.90. The van der Waals surface area contributed by atoms with Gasteiger partial charge in [-0.25, -0.2) is 13.7 Å². The van der Waals surface area contributed by atoms with Crippen LogP contribution in [0.25, 0.3) is 0 Å². The fraction of sp³-hybridized carbons (Fsp3) is 0.385. The first kappa shape index (κ1) is 61.5. The SMILES string of the molecule is CCC.CCC.CCC.CCC.CP(=O)(F)Oc1ccccc1.O=P(O)(F)C(F)(F)c1ccccc1.O=P(O)(F)Cc1ccccc1.O=P(O)(F)Oc1ccccc1. The molecule has 4 aromatic rings. The van der Waals surface area contributed by atoms with Crippen LogP contribution < -0.4 is 9.05 Å². The van der Waals surface area contributed by atoms with Gasteiger partial charge in [-0.1, -0.05) is 178 Å². The number of para-hydroxylation sites is 2. The first-order chi connectivity index (χ1) is 26.7. The zero-order valence-corrected chi connectivity index (χ0v) is 38.0. The number of benzene rings is 4. The molecule has 0 radical (unpaired) electrons. The lowest BCUT2D eigenvalue weighted by Crippen LogP contribution is -2.11. The molecule has 4 atom stereocenters. The van der Waals surface area contributed by atoms with E-state index in [2.05, 4.69) is 64.4 Å². The summed E-state index contributed by atoms with van der Waals surface area (Å²) in [5.74, 6) is 0.335. The Balaban J connectivity index is -0.000000307. The molecule has 0 saturated heterocycles. The summed E-state index contributed by atoms with van der Waals surface area (Å²) in [4.78, 5) is 24.6. The summed E-state index contributed by atoms with van der Waals surface area (Å²) < 4.78 is 124. The monoisotopic (exact) mass is 910 g/mol. The van der Waals surface area contributed by atoms with Crippen LogP contribution in [0.15, 0.2) is 121 Å². The van der Waals surface area contributed by atoms with E-state index in [1.807, 2.05) is 0 Å². The van der Waals surface area contributed by atoms with Crippen LogP contribution >= 0.6 is 30.9 Å². The minimum atomic E-state index is -5.92. The molecular formula is C39H60F6O9P4. The lowest BCUT2D eigenvalue weighted by molar-refractivity contribution is 0.0645. The maximum Gasteiger partial charge on any atom is 0.567 e. The number of alkyl halides is 2. The number of hydrogen-bond donors (Lipinski definition) is 3. The van der Waals surface area contributed by atoms with Gasteiger partial charge in [0.05, 0.1) is 12.8 Å². The summed E-state index contributed by atoms with van der Waals surface area (Å²) in [5.41, 5.74) is -4.59. The number of halogens is 6. The summed E-state index contributed by atoms with van der Waals surface area (Å²) in [6, 6.07) is 30.0. The quantitative estimate of drug-likeness (QED) is 0.116. The molecular weight excluding hydrogens is 850 g/mol. The highest BCUT2D eigenvalue weighted by molar-refractivity contribution is 7.53. The zero-order chi connectivity index (χ0) is 45.9. The van der Waals surface area contributed by atoms with Crippen molar-refractivity contribution in [1.29, 1.82) is 0 Å². The third kappa shape index (κ3) is 41.0. The van der Waals surface area contributed by atoms with E-state index in [4.69, 9.17) is 14.7 Å². The molecule has 19 heteroatoms. The summed E-state index contributed by atoms with van der Waals surface area (Å²) >= 11 is 0. The third-order valence-electron chi connectivity index (χ3n) is 4.66. The van der Waals surface area contributed by atoms with Crippen molar-refractivity contribution < 1.29 is 67.6 Å². The smallest absolute Gasteiger partial charge is 0.422 e. The highest BCUT2D eigenvalue weighted by atomic mass is 31.2. The topological polar surface area (TPSA) is 147 Å². The van der Waals surface area contributed by atoms with Gasteiger partial charge in [-0.2, -0.15) is 17.2 Å². The van der Waals surface area contributed by atoms with Crippen LogP contribution in [0, 0.1) is 0 Å². The van der Waals surface area contributed by atoms with Crippen molar-refractivity contribution >= 4 is 30.9 Å². The molecule has 0 fully saturated rings. The van der Waals surface area contributed by atoms with E-state index in [1.54, 1.807) is 78.9 Å². The zero-order valence-electron chi connectivity index (χ0n) is 34.4. The van der Waals surface area contributed by atoms with Gasteiger partial charge < -0.3 is 18.8 Å². The first-order valence-electron chi connectivity index (χ1n) is 18.0.